The van der Waals surface area contributed by atoms with Gasteiger partial charge in [0.2, 0.25) is 5.91 Å². The summed E-state index contributed by atoms with van der Waals surface area (Å²) < 4.78 is 5.77. The van der Waals surface area contributed by atoms with Crippen LogP contribution >= 0.6 is 0 Å². The second kappa shape index (κ2) is 3.99. The van der Waals surface area contributed by atoms with Crippen LogP contribution in [-0.4, -0.2) is 28.5 Å². The maximum absolute atomic E-state index is 11.1. The first-order chi connectivity index (χ1) is 6.99. The summed E-state index contributed by atoms with van der Waals surface area (Å²) in [4.78, 5) is 25.8. The third kappa shape index (κ3) is 1.90. The highest BCUT2D eigenvalue weighted by Gasteiger charge is 2.20. The van der Waals surface area contributed by atoms with E-state index in [-0.39, 0.29) is 11.5 Å². The molecule has 82 valence electrons. The summed E-state index contributed by atoms with van der Waals surface area (Å²) in [5.41, 5.74) is 10.7. The average Bonchev–Trinajstić information content (AvgIpc) is 2.57. The average molecular weight is 212 g/mol. The predicted molar refractivity (Wildman–Crippen MR) is 51.9 cm³/mol. The number of amides is 1. The van der Waals surface area contributed by atoms with Gasteiger partial charge in [0.1, 0.15) is 11.9 Å². The number of hydrogen-bond acceptors (Lipinski definition) is 5. The zero-order chi connectivity index (χ0) is 11.6. The molecule has 0 aliphatic carbocycles. The summed E-state index contributed by atoms with van der Waals surface area (Å²) in [6.07, 6.45) is 1.27. The number of nitrogens with zero attached hydrogens (tertiary/aromatic N) is 2. The van der Waals surface area contributed by atoms with Gasteiger partial charge in [0.15, 0.2) is 5.69 Å². The molecule has 1 amide bonds. The molecule has 15 heavy (non-hydrogen) atoms. The Labute approximate surface area is 86.0 Å². The number of methoxy groups -OCH3 is 1. The minimum atomic E-state index is -0.657. The Bertz CT molecular complexity index is 399. The summed E-state index contributed by atoms with van der Waals surface area (Å²) in [6, 6.07) is -0.657. The first kappa shape index (κ1) is 11.0. The molecular weight excluding hydrogens is 200 g/mol. The van der Waals surface area contributed by atoms with E-state index in [1.165, 1.54) is 18.0 Å². The first-order valence-electron chi connectivity index (χ1n) is 4.19. The summed E-state index contributed by atoms with van der Waals surface area (Å²) in [5.74, 6) is -1.15. The highest BCUT2D eigenvalue weighted by atomic mass is 16.5. The van der Waals surface area contributed by atoms with Crippen molar-refractivity contribution < 1.29 is 14.3 Å². The van der Waals surface area contributed by atoms with Gasteiger partial charge in [-0.3, -0.25) is 4.79 Å². The highest BCUT2D eigenvalue weighted by Crippen LogP contribution is 2.16. The van der Waals surface area contributed by atoms with Crippen molar-refractivity contribution in [3.05, 3.63) is 12.0 Å². The summed E-state index contributed by atoms with van der Waals surface area (Å²) in [6.45, 7) is 1.56. The van der Waals surface area contributed by atoms with Gasteiger partial charge in [-0.05, 0) is 6.92 Å². The lowest BCUT2D eigenvalue weighted by Gasteiger charge is -2.10. The van der Waals surface area contributed by atoms with Crippen molar-refractivity contribution in [2.75, 3.05) is 12.8 Å². The number of aromatic nitrogens is 2. The lowest BCUT2D eigenvalue weighted by Crippen LogP contribution is -2.24. The molecule has 7 heteroatoms. The molecule has 0 spiro atoms. The maximum atomic E-state index is 11.1. The van der Waals surface area contributed by atoms with Gasteiger partial charge in [-0.25, -0.2) is 9.78 Å². The smallest absolute Gasteiger partial charge is 0.360 e. The van der Waals surface area contributed by atoms with Crippen LogP contribution in [0.4, 0.5) is 5.82 Å². The van der Waals surface area contributed by atoms with E-state index in [9.17, 15) is 9.59 Å². The molecule has 0 saturated heterocycles. The van der Waals surface area contributed by atoms with E-state index in [1.54, 1.807) is 6.92 Å². The quantitative estimate of drug-likeness (QED) is 0.643. The van der Waals surface area contributed by atoms with E-state index in [0.29, 0.717) is 0 Å². The van der Waals surface area contributed by atoms with Gasteiger partial charge in [-0.1, -0.05) is 0 Å². The van der Waals surface area contributed by atoms with Crippen LogP contribution in [0.1, 0.15) is 23.5 Å². The Morgan fingerprint density at radius 2 is 2.20 bits per heavy atom. The molecule has 0 fully saturated rings. The van der Waals surface area contributed by atoms with E-state index in [4.69, 9.17) is 11.5 Å². The van der Waals surface area contributed by atoms with E-state index in [2.05, 4.69) is 9.72 Å². The molecule has 1 atom stereocenters. The zero-order valence-corrected chi connectivity index (χ0v) is 8.43. The van der Waals surface area contributed by atoms with E-state index in [1.807, 2.05) is 0 Å². The number of primary amides is 1. The molecule has 0 aliphatic heterocycles. The van der Waals surface area contributed by atoms with Gasteiger partial charge < -0.3 is 20.8 Å². The molecular formula is C8H12N4O3. The number of esters is 1. The second-order valence-electron chi connectivity index (χ2n) is 2.96. The minimum Gasteiger partial charge on any atom is -0.464 e. The van der Waals surface area contributed by atoms with Gasteiger partial charge in [0, 0.05) is 0 Å². The first-order valence-corrected chi connectivity index (χ1v) is 4.19. The van der Waals surface area contributed by atoms with Crippen molar-refractivity contribution in [2.45, 2.75) is 13.0 Å². The van der Waals surface area contributed by atoms with Gasteiger partial charge in [0.25, 0.3) is 0 Å². The molecule has 1 heterocycles. The largest absolute Gasteiger partial charge is 0.464 e. The number of anilines is 1. The molecule has 1 aromatic rings. The van der Waals surface area contributed by atoms with Gasteiger partial charge in [-0.15, -0.1) is 0 Å². The standard InChI is InChI=1S/C8H12N4O3/c1-4(7(10)13)12-3-11-5(6(12)9)8(14)15-2/h3-4H,9H2,1-2H3,(H2,10,13). The predicted octanol–water partition coefficient (Wildman–Crippen LogP) is -0.702. The SMILES string of the molecule is COC(=O)c1ncn(C(C)C(N)=O)c1N. The Morgan fingerprint density at radius 3 is 2.67 bits per heavy atom. The number of imidazole rings is 1. The highest BCUT2D eigenvalue weighted by molar-refractivity contribution is 5.92. The summed E-state index contributed by atoms with van der Waals surface area (Å²) in [5, 5.41) is 0. The number of carbonyl (C=O) groups is 2. The van der Waals surface area contributed by atoms with Crippen LogP contribution in [0.2, 0.25) is 0 Å². The van der Waals surface area contributed by atoms with Gasteiger partial charge in [-0.2, -0.15) is 0 Å². The fourth-order valence-electron chi connectivity index (χ4n) is 1.07. The molecule has 0 saturated carbocycles. The van der Waals surface area contributed by atoms with Crippen molar-refractivity contribution in [3.63, 3.8) is 0 Å². The van der Waals surface area contributed by atoms with Crippen LogP contribution in [0.5, 0.6) is 0 Å². The number of nitrogen functional groups attached to an aromatic ring is 1. The molecule has 1 rings (SSSR count). The van der Waals surface area contributed by atoms with Gasteiger partial charge >= 0.3 is 5.97 Å². The third-order valence-corrected chi connectivity index (χ3v) is 2.04. The molecule has 4 N–H and O–H groups in total. The Morgan fingerprint density at radius 1 is 1.60 bits per heavy atom. The Balaban J connectivity index is 3.09. The van der Waals surface area contributed by atoms with E-state index < -0.39 is 17.9 Å². The minimum absolute atomic E-state index is 0.0226. The topological polar surface area (TPSA) is 113 Å². The van der Waals surface area contributed by atoms with Crippen LogP contribution in [0.3, 0.4) is 0 Å². The van der Waals surface area contributed by atoms with Crippen LogP contribution in [0.15, 0.2) is 6.33 Å². The van der Waals surface area contributed by atoms with E-state index >= 15 is 0 Å². The molecule has 0 radical (unpaired) electrons. The number of carbonyl (C=O) groups excluding carboxylic acids is 2. The zero-order valence-electron chi connectivity index (χ0n) is 8.43. The van der Waals surface area contributed by atoms with Gasteiger partial charge in [0.05, 0.1) is 13.4 Å². The second-order valence-corrected chi connectivity index (χ2v) is 2.96. The fourth-order valence-corrected chi connectivity index (χ4v) is 1.07. The summed E-state index contributed by atoms with van der Waals surface area (Å²) in [7, 11) is 1.22. The lowest BCUT2D eigenvalue weighted by molar-refractivity contribution is -0.120. The number of rotatable bonds is 3. The van der Waals surface area contributed by atoms with Crippen molar-refractivity contribution in [2.24, 2.45) is 5.73 Å². The molecule has 1 unspecified atom stereocenters. The van der Waals surface area contributed by atoms with Crippen LogP contribution in [0.25, 0.3) is 0 Å². The number of ether oxygens (including phenoxy) is 1. The van der Waals surface area contributed by atoms with Crippen molar-refractivity contribution in [1.82, 2.24) is 9.55 Å². The Hall–Kier alpha value is -2.05. The molecule has 1 aromatic heterocycles. The molecule has 0 bridgehead atoms. The van der Waals surface area contributed by atoms with Crippen molar-refractivity contribution in [3.8, 4) is 0 Å². The van der Waals surface area contributed by atoms with E-state index in [0.717, 1.165) is 0 Å². The molecule has 0 aromatic carbocycles. The van der Waals surface area contributed by atoms with Crippen LogP contribution < -0.4 is 11.5 Å². The third-order valence-electron chi connectivity index (χ3n) is 2.04. The fraction of sp³-hybridized carbons (Fsp3) is 0.375. The maximum Gasteiger partial charge on any atom is 0.360 e. The van der Waals surface area contributed by atoms with Crippen LogP contribution in [0, 0.1) is 0 Å². The van der Waals surface area contributed by atoms with Crippen molar-refractivity contribution >= 4 is 17.7 Å². The Kier molecular flexibility index (Phi) is 2.93. The monoisotopic (exact) mass is 212 g/mol. The van der Waals surface area contributed by atoms with Crippen molar-refractivity contribution in [1.29, 1.82) is 0 Å². The molecule has 7 nitrogen and oxygen atoms in total. The van der Waals surface area contributed by atoms with Crippen LogP contribution in [-0.2, 0) is 9.53 Å². The number of hydrogen-bond donors (Lipinski definition) is 2. The normalized spacial score (nSPS) is 12.1. The summed E-state index contributed by atoms with van der Waals surface area (Å²) >= 11 is 0. The lowest BCUT2D eigenvalue weighted by atomic mass is 10.3. The molecule has 0 aliphatic rings. The number of nitrogens with two attached hydrogens (primary N) is 2.